The van der Waals surface area contributed by atoms with Gasteiger partial charge in [-0.2, -0.15) is 4.98 Å². The summed E-state index contributed by atoms with van der Waals surface area (Å²) in [5, 5.41) is 19.0. The number of anilines is 2. The van der Waals surface area contributed by atoms with Crippen molar-refractivity contribution in [2.24, 2.45) is 0 Å². The van der Waals surface area contributed by atoms with Gasteiger partial charge in [0.15, 0.2) is 11.6 Å². The molecule has 0 amide bonds. The second-order valence-corrected chi connectivity index (χ2v) is 6.48. The fourth-order valence-electron chi connectivity index (χ4n) is 2.54. The third kappa shape index (κ3) is 3.34. The number of aromatic nitrogens is 4. The predicted molar refractivity (Wildman–Crippen MR) is 103 cm³/mol. The lowest BCUT2D eigenvalue weighted by Crippen LogP contribution is -2.04. The fraction of sp³-hybridized carbons (Fsp3) is 0.0588. The highest BCUT2D eigenvalue weighted by Gasteiger charge is 2.26. The lowest BCUT2D eigenvalue weighted by atomic mass is 10.2. The number of halogens is 1. The largest absolute Gasteiger partial charge is 0.431 e. The summed E-state index contributed by atoms with van der Waals surface area (Å²) in [5.74, 6) is 0.850. The molecule has 0 radical (unpaired) electrons. The topological polar surface area (TPSA) is 129 Å². The number of nitrogens with zero attached hydrogens (tertiary/aromatic N) is 5. The quantitative estimate of drug-likeness (QED) is 0.349. The van der Waals surface area contributed by atoms with Gasteiger partial charge in [-0.3, -0.25) is 15.1 Å². The third-order valence-electron chi connectivity index (χ3n) is 3.73. The summed E-state index contributed by atoms with van der Waals surface area (Å²) >= 11 is 3.45. The van der Waals surface area contributed by atoms with Crippen molar-refractivity contribution in [3.63, 3.8) is 0 Å². The number of fused-ring (bicyclic) bond motifs is 1. The first kappa shape index (κ1) is 17.8. The molecule has 10 nitrogen and oxygen atoms in total. The molecule has 3 aromatic heterocycles. The second-order valence-electron chi connectivity index (χ2n) is 5.63. The third-order valence-corrected chi connectivity index (χ3v) is 4.42. The van der Waals surface area contributed by atoms with Crippen molar-refractivity contribution < 1.29 is 14.2 Å². The number of benzene rings is 1. The Morgan fingerprint density at radius 3 is 2.86 bits per heavy atom. The number of hydrogen-bond acceptors (Lipinski definition) is 9. The van der Waals surface area contributed by atoms with Crippen molar-refractivity contribution in [3.8, 4) is 11.6 Å². The van der Waals surface area contributed by atoms with Crippen LogP contribution in [0.25, 0.3) is 10.9 Å². The summed E-state index contributed by atoms with van der Waals surface area (Å²) in [6.07, 6.45) is 2.77. The Morgan fingerprint density at radius 2 is 2.11 bits per heavy atom. The van der Waals surface area contributed by atoms with Gasteiger partial charge in [0.25, 0.3) is 0 Å². The Kier molecular flexibility index (Phi) is 4.57. The maximum absolute atomic E-state index is 11.7. The highest BCUT2D eigenvalue weighted by molar-refractivity contribution is 9.10. The standard InChI is InChI=1S/C17H11BrN6O4/c1-9-7-13(23-28-9)22-16-15(24(25)26)17(21-8-20-16)27-12-5-4-11(18)10-3-2-6-19-14(10)12/h2-8H,1H3,(H,20,21,22,23). The molecular weight excluding hydrogens is 432 g/mol. The Labute approximate surface area is 165 Å². The number of ether oxygens (including phenoxy) is 1. The zero-order valence-corrected chi connectivity index (χ0v) is 15.9. The van der Waals surface area contributed by atoms with Crippen molar-refractivity contribution >= 4 is 44.2 Å². The van der Waals surface area contributed by atoms with E-state index in [-0.39, 0.29) is 17.5 Å². The summed E-state index contributed by atoms with van der Waals surface area (Å²) in [7, 11) is 0. The minimum absolute atomic E-state index is 0.0716. The molecule has 3 heterocycles. The van der Waals surface area contributed by atoms with Crippen LogP contribution in [-0.4, -0.2) is 25.0 Å². The molecule has 0 fully saturated rings. The Balaban J connectivity index is 1.77. The zero-order valence-electron chi connectivity index (χ0n) is 14.3. The van der Waals surface area contributed by atoms with E-state index in [1.807, 2.05) is 6.07 Å². The van der Waals surface area contributed by atoms with E-state index in [4.69, 9.17) is 9.26 Å². The molecule has 0 spiro atoms. The molecule has 11 heteroatoms. The van der Waals surface area contributed by atoms with Gasteiger partial charge in [0, 0.05) is 22.1 Å². The first-order valence-corrected chi connectivity index (χ1v) is 8.73. The molecule has 0 saturated heterocycles. The number of nitro groups is 1. The Morgan fingerprint density at radius 1 is 1.25 bits per heavy atom. The molecule has 28 heavy (non-hydrogen) atoms. The van der Waals surface area contributed by atoms with Crippen molar-refractivity contribution in [1.82, 2.24) is 20.1 Å². The molecule has 0 bridgehead atoms. The van der Waals surface area contributed by atoms with Crippen LogP contribution in [0.2, 0.25) is 0 Å². The lowest BCUT2D eigenvalue weighted by molar-refractivity contribution is -0.385. The number of pyridine rings is 1. The Bertz CT molecular complexity index is 1200. The molecule has 1 aromatic carbocycles. The van der Waals surface area contributed by atoms with Crippen molar-refractivity contribution in [2.45, 2.75) is 6.92 Å². The monoisotopic (exact) mass is 442 g/mol. The number of rotatable bonds is 5. The van der Waals surface area contributed by atoms with Crippen LogP contribution < -0.4 is 10.1 Å². The SMILES string of the molecule is Cc1cc(Nc2ncnc(Oc3ccc(Br)c4cccnc34)c2[N+](=O)[O-])no1. The summed E-state index contributed by atoms with van der Waals surface area (Å²) in [5.41, 5.74) is 0.0987. The van der Waals surface area contributed by atoms with Crippen LogP contribution >= 0.6 is 15.9 Å². The average Bonchev–Trinajstić information content (AvgIpc) is 3.09. The van der Waals surface area contributed by atoms with Gasteiger partial charge in [0.05, 0.1) is 4.92 Å². The molecule has 0 saturated carbocycles. The molecule has 140 valence electrons. The highest BCUT2D eigenvalue weighted by Crippen LogP contribution is 2.38. The van der Waals surface area contributed by atoms with Gasteiger partial charge in [-0.15, -0.1) is 0 Å². The molecule has 0 aliphatic carbocycles. The van der Waals surface area contributed by atoms with Crippen molar-refractivity contribution in [3.05, 3.63) is 63.2 Å². The molecule has 1 N–H and O–H groups in total. The zero-order chi connectivity index (χ0) is 19.7. The number of nitrogens with one attached hydrogen (secondary N) is 1. The van der Waals surface area contributed by atoms with Crippen LogP contribution in [0.15, 0.2) is 51.9 Å². The van der Waals surface area contributed by atoms with Crippen LogP contribution in [0.1, 0.15) is 5.76 Å². The van der Waals surface area contributed by atoms with E-state index >= 15 is 0 Å². The van der Waals surface area contributed by atoms with E-state index in [0.717, 1.165) is 16.2 Å². The maximum atomic E-state index is 11.7. The Hall–Kier alpha value is -3.60. The minimum Gasteiger partial charge on any atom is -0.431 e. The summed E-state index contributed by atoms with van der Waals surface area (Å²) in [4.78, 5) is 23.2. The molecule has 0 aliphatic heterocycles. The maximum Gasteiger partial charge on any atom is 0.373 e. The smallest absolute Gasteiger partial charge is 0.373 e. The van der Waals surface area contributed by atoms with Crippen molar-refractivity contribution in [2.75, 3.05) is 5.32 Å². The van der Waals surface area contributed by atoms with E-state index in [1.165, 1.54) is 0 Å². The second kappa shape index (κ2) is 7.19. The van der Waals surface area contributed by atoms with Crippen LogP contribution in [-0.2, 0) is 0 Å². The number of aryl methyl sites for hydroxylation is 1. The summed E-state index contributed by atoms with van der Waals surface area (Å²) < 4.78 is 11.5. The summed E-state index contributed by atoms with van der Waals surface area (Å²) in [6, 6.07) is 8.64. The first-order chi connectivity index (χ1) is 13.5. The first-order valence-electron chi connectivity index (χ1n) is 7.94. The van der Waals surface area contributed by atoms with Gasteiger partial charge in [-0.1, -0.05) is 27.2 Å². The highest BCUT2D eigenvalue weighted by atomic mass is 79.9. The molecule has 0 aliphatic rings. The molecule has 0 unspecified atom stereocenters. The van der Waals surface area contributed by atoms with E-state index in [9.17, 15) is 10.1 Å². The minimum atomic E-state index is -0.626. The van der Waals surface area contributed by atoms with Gasteiger partial charge < -0.3 is 14.6 Å². The predicted octanol–water partition coefficient (Wildman–Crippen LogP) is 4.53. The van der Waals surface area contributed by atoms with E-state index in [2.05, 4.69) is 41.4 Å². The fourth-order valence-corrected chi connectivity index (χ4v) is 2.99. The molecule has 4 aromatic rings. The molecule has 4 rings (SSSR count). The number of hydrogen-bond donors (Lipinski definition) is 1. The van der Waals surface area contributed by atoms with E-state index < -0.39 is 10.6 Å². The van der Waals surface area contributed by atoms with Gasteiger partial charge >= 0.3 is 11.6 Å². The van der Waals surface area contributed by atoms with Gasteiger partial charge in [0.1, 0.15) is 17.6 Å². The van der Waals surface area contributed by atoms with Gasteiger partial charge in [-0.05, 0) is 25.1 Å². The van der Waals surface area contributed by atoms with Crippen LogP contribution in [0, 0.1) is 17.0 Å². The van der Waals surface area contributed by atoms with Crippen LogP contribution in [0.3, 0.4) is 0 Å². The van der Waals surface area contributed by atoms with Crippen LogP contribution in [0.5, 0.6) is 11.6 Å². The average molecular weight is 443 g/mol. The van der Waals surface area contributed by atoms with Gasteiger partial charge in [-0.25, -0.2) is 4.98 Å². The van der Waals surface area contributed by atoms with Crippen LogP contribution in [0.4, 0.5) is 17.3 Å². The normalized spacial score (nSPS) is 10.8. The van der Waals surface area contributed by atoms with E-state index in [0.29, 0.717) is 17.0 Å². The van der Waals surface area contributed by atoms with E-state index in [1.54, 1.807) is 37.4 Å². The van der Waals surface area contributed by atoms with Crippen molar-refractivity contribution in [1.29, 1.82) is 0 Å². The molecular formula is C17H11BrN6O4. The molecule has 0 atom stereocenters. The van der Waals surface area contributed by atoms with Gasteiger partial charge in [0.2, 0.25) is 5.82 Å². The lowest BCUT2D eigenvalue weighted by Gasteiger charge is -2.10. The summed E-state index contributed by atoms with van der Waals surface area (Å²) in [6.45, 7) is 1.70.